The Bertz CT molecular complexity index is 1340. The summed E-state index contributed by atoms with van der Waals surface area (Å²) < 4.78 is 4.34. The van der Waals surface area contributed by atoms with Crippen molar-refractivity contribution in [2.75, 3.05) is 5.32 Å². The standard InChI is InChI=1S/C19H19BrN6O3S/c1-24-16-14(17(28)25(2)19(24)29)23-18(20)26(16)8-7-13(27)22-15-11(9-21)10-5-3-4-6-12(10)30-15/h3-8H2,1-2H3,(H,22,27). The molecule has 0 atom stereocenters. The van der Waals surface area contributed by atoms with Crippen LogP contribution in [0.15, 0.2) is 14.3 Å². The predicted octanol–water partition coefficient (Wildman–Crippen LogP) is 2.04. The van der Waals surface area contributed by atoms with Gasteiger partial charge in [-0.2, -0.15) is 5.26 Å². The Morgan fingerprint density at radius 3 is 2.73 bits per heavy atom. The van der Waals surface area contributed by atoms with Gasteiger partial charge in [-0.1, -0.05) is 0 Å². The molecule has 30 heavy (non-hydrogen) atoms. The highest BCUT2D eigenvalue weighted by Gasteiger charge is 2.22. The second kappa shape index (κ2) is 7.85. The number of carbonyl (C=O) groups is 1. The summed E-state index contributed by atoms with van der Waals surface area (Å²) in [5.41, 5.74) is 1.20. The first-order valence-corrected chi connectivity index (χ1v) is 11.1. The van der Waals surface area contributed by atoms with Gasteiger partial charge in [0.2, 0.25) is 5.91 Å². The Hall–Kier alpha value is -2.71. The highest BCUT2D eigenvalue weighted by Crippen LogP contribution is 2.37. The van der Waals surface area contributed by atoms with Crippen LogP contribution < -0.4 is 16.6 Å². The van der Waals surface area contributed by atoms with Crippen LogP contribution in [0.25, 0.3) is 11.2 Å². The maximum Gasteiger partial charge on any atom is 0.332 e. The van der Waals surface area contributed by atoms with Crippen LogP contribution in [0.2, 0.25) is 0 Å². The summed E-state index contributed by atoms with van der Waals surface area (Å²) in [6, 6.07) is 2.24. The Kier molecular flexibility index (Phi) is 5.38. The molecule has 0 bridgehead atoms. The molecule has 0 fully saturated rings. The topological polar surface area (TPSA) is 115 Å². The number of amides is 1. The van der Waals surface area contributed by atoms with Gasteiger partial charge in [0.15, 0.2) is 15.9 Å². The lowest BCUT2D eigenvalue weighted by atomic mass is 9.96. The van der Waals surface area contributed by atoms with Crippen molar-refractivity contribution in [1.82, 2.24) is 18.7 Å². The van der Waals surface area contributed by atoms with Gasteiger partial charge in [0.25, 0.3) is 5.56 Å². The van der Waals surface area contributed by atoms with E-state index in [0.29, 0.717) is 20.9 Å². The van der Waals surface area contributed by atoms with Gasteiger partial charge in [0.1, 0.15) is 11.1 Å². The number of nitriles is 1. The first-order valence-electron chi connectivity index (χ1n) is 9.49. The molecule has 3 heterocycles. The van der Waals surface area contributed by atoms with Crippen molar-refractivity contribution in [2.24, 2.45) is 14.1 Å². The van der Waals surface area contributed by atoms with E-state index < -0.39 is 11.2 Å². The monoisotopic (exact) mass is 490 g/mol. The Balaban J connectivity index is 1.59. The van der Waals surface area contributed by atoms with E-state index in [1.807, 2.05) is 0 Å². The van der Waals surface area contributed by atoms with Gasteiger partial charge in [0, 0.05) is 31.9 Å². The maximum atomic E-state index is 12.6. The average molecular weight is 491 g/mol. The number of nitrogens with one attached hydrogen (secondary N) is 1. The zero-order valence-electron chi connectivity index (χ0n) is 16.5. The lowest BCUT2D eigenvalue weighted by Gasteiger charge is -2.10. The number of aryl methyl sites for hydroxylation is 3. The molecule has 1 aliphatic carbocycles. The van der Waals surface area contributed by atoms with Crippen LogP contribution in [-0.2, 0) is 38.3 Å². The minimum absolute atomic E-state index is 0.0981. The number of halogens is 1. The second-order valence-corrected chi connectivity index (χ2v) is 9.05. The fourth-order valence-electron chi connectivity index (χ4n) is 3.84. The average Bonchev–Trinajstić information content (AvgIpc) is 3.25. The Labute approximate surface area is 183 Å². The summed E-state index contributed by atoms with van der Waals surface area (Å²) in [4.78, 5) is 42.6. The summed E-state index contributed by atoms with van der Waals surface area (Å²) in [6.45, 7) is 0.219. The molecule has 1 N–H and O–H groups in total. The molecular formula is C19H19BrN6O3S. The van der Waals surface area contributed by atoms with Crippen LogP contribution in [0.1, 0.15) is 35.3 Å². The molecule has 4 rings (SSSR count). The number of anilines is 1. The third-order valence-electron chi connectivity index (χ3n) is 5.39. The lowest BCUT2D eigenvalue weighted by molar-refractivity contribution is -0.116. The second-order valence-electron chi connectivity index (χ2n) is 7.24. The van der Waals surface area contributed by atoms with Crippen molar-refractivity contribution in [3.63, 3.8) is 0 Å². The maximum absolute atomic E-state index is 12.6. The molecule has 1 aliphatic rings. The van der Waals surface area contributed by atoms with Crippen LogP contribution in [0.4, 0.5) is 5.00 Å². The van der Waals surface area contributed by atoms with E-state index in [-0.39, 0.29) is 24.4 Å². The minimum atomic E-state index is -0.486. The van der Waals surface area contributed by atoms with E-state index in [9.17, 15) is 19.6 Å². The summed E-state index contributed by atoms with van der Waals surface area (Å²) >= 11 is 4.80. The van der Waals surface area contributed by atoms with Crippen molar-refractivity contribution in [3.8, 4) is 6.07 Å². The number of rotatable bonds is 4. The molecule has 3 aromatic rings. The largest absolute Gasteiger partial charge is 0.332 e. The van der Waals surface area contributed by atoms with Gasteiger partial charge in [0.05, 0.1) is 5.56 Å². The van der Waals surface area contributed by atoms with Crippen molar-refractivity contribution in [2.45, 2.75) is 38.6 Å². The number of hydrogen-bond donors (Lipinski definition) is 1. The summed E-state index contributed by atoms with van der Waals surface area (Å²) in [7, 11) is 2.96. The third kappa shape index (κ3) is 3.30. The molecule has 0 saturated heterocycles. The molecule has 0 spiro atoms. The molecule has 0 unspecified atom stereocenters. The van der Waals surface area contributed by atoms with E-state index >= 15 is 0 Å². The van der Waals surface area contributed by atoms with Crippen molar-refractivity contribution in [1.29, 1.82) is 5.26 Å². The van der Waals surface area contributed by atoms with Crippen LogP contribution in [0.5, 0.6) is 0 Å². The number of nitrogens with zero attached hydrogens (tertiary/aromatic N) is 5. The number of carbonyl (C=O) groups excluding carboxylic acids is 1. The molecule has 3 aromatic heterocycles. The summed E-state index contributed by atoms with van der Waals surface area (Å²) in [6.07, 6.45) is 4.08. The molecule has 0 aliphatic heterocycles. The van der Waals surface area contributed by atoms with E-state index in [0.717, 1.165) is 35.8 Å². The Morgan fingerprint density at radius 2 is 2.00 bits per heavy atom. The van der Waals surface area contributed by atoms with Gasteiger partial charge in [-0.25, -0.2) is 9.78 Å². The minimum Gasteiger partial charge on any atom is -0.317 e. The Morgan fingerprint density at radius 1 is 1.27 bits per heavy atom. The number of imidazole rings is 1. The summed E-state index contributed by atoms with van der Waals surface area (Å²) in [5, 5.41) is 13.0. The predicted molar refractivity (Wildman–Crippen MR) is 117 cm³/mol. The van der Waals surface area contributed by atoms with Crippen molar-refractivity contribution < 1.29 is 4.79 Å². The molecule has 1 amide bonds. The van der Waals surface area contributed by atoms with Crippen LogP contribution in [0.3, 0.4) is 0 Å². The highest BCUT2D eigenvalue weighted by molar-refractivity contribution is 9.10. The first-order chi connectivity index (χ1) is 14.3. The summed E-state index contributed by atoms with van der Waals surface area (Å²) in [5.74, 6) is -0.243. The van der Waals surface area contributed by atoms with Gasteiger partial charge in [-0.15, -0.1) is 11.3 Å². The highest BCUT2D eigenvalue weighted by atomic mass is 79.9. The van der Waals surface area contributed by atoms with E-state index in [1.165, 1.54) is 27.8 Å². The molecule has 0 aromatic carbocycles. The SMILES string of the molecule is Cn1c(=O)c2nc(Br)n(CCC(=O)Nc3sc4c(c3C#N)CCCC4)c2n(C)c1=O. The van der Waals surface area contributed by atoms with Crippen LogP contribution in [0, 0.1) is 11.3 Å². The zero-order valence-corrected chi connectivity index (χ0v) is 18.9. The fourth-order valence-corrected chi connectivity index (χ4v) is 5.61. The number of fused-ring (bicyclic) bond motifs is 2. The lowest BCUT2D eigenvalue weighted by Crippen LogP contribution is -2.37. The van der Waals surface area contributed by atoms with E-state index in [2.05, 4.69) is 32.3 Å². The molecule has 11 heteroatoms. The van der Waals surface area contributed by atoms with Crippen molar-refractivity contribution in [3.05, 3.63) is 41.6 Å². The number of thiophene rings is 1. The fraction of sp³-hybridized carbons (Fsp3) is 0.421. The first kappa shape index (κ1) is 20.6. The third-order valence-corrected chi connectivity index (χ3v) is 7.20. The molecular weight excluding hydrogens is 472 g/mol. The quantitative estimate of drug-likeness (QED) is 0.561. The number of aromatic nitrogens is 4. The van der Waals surface area contributed by atoms with Gasteiger partial charge in [-0.3, -0.25) is 18.7 Å². The molecule has 0 saturated carbocycles. The smallest absolute Gasteiger partial charge is 0.317 e. The number of hydrogen-bond acceptors (Lipinski definition) is 6. The molecule has 156 valence electrons. The van der Waals surface area contributed by atoms with Gasteiger partial charge >= 0.3 is 5.69 Å². The molecule has 0 radical (unpaired) electrons. The molecule has 9 nitrogen and oxygen atoms in total. The zero-order chi connectivity index (χ0) is 21.6. The van der Waals surface area contributed by atoms with Gasteiger partial charge < -0.3 is 9.88 Å². The van der Waals surface area contributed by atoms with Crippen molar-refractivity contribution >= 4 is 49.3 Å². The van der Waals surface area contributed by atoms with Crippen LogP contribution in [-0.4, -0.2) is 24.6 Å². The van der Waals surface area contributed by atoms with E-state index in [4.69, 9.17) is 0 Å². The van der Waals surface area contributed by atoms with Gasteiger partial charge in [-0.05, 0) is 47.2 Å². The van der Waals surface area contributed by atoms with E-state index in [1.54, 1.807) is 11.6 Å². The van der Waals surface area contributed by atoms with Crippen LogP contribution >= 0.6 is 27.3 Å². The normalized spacial score (nSPS) is 13.3.